The van der Waals surface area contributed by atoms with E-state index in [0.717, 1.165) is 53.2 Å². The zero-order chi connectivity index (χ0) is 31.3. The normalized spacial score (nSPS) is 10.8. The van der Waals surface area contributed by atoms with Crippen LogP contribution in [0.5, 0.6) is 11.5 Å². The predicted octanol–water partition coefficient (Wildman–Crippen LogP) is 5.87. The Kier molecular flexibility index (Phi) is 16.8. The fourth-order valence-electron chi connectivity index (χ4n) is 4.66. The summed E-state index contributed by atoms with van der Waals surface area (Å²) in [6.45, 7) is 8.28. The van der Waals surface area contributed by atoms with E-state index in [9.17, 15) is 0 Å². The molecule has 46 heavy (non-hydrogen) atoms. The van der Waals surface area contributed by atoms with Gasteiger partial charge in [-0.25, -0.2) is 0 Å². The highest BCUT2D eigenvalue weighted by Gasteiger charge is 2.22. The Bertz CT molecular complexity index is 1380. The highest BCUT2D eigenvalue weighted by molar-refractivity contribution is 6.80. The molecular formula is C38H54B2N2O4. The van der Waals surface area contributed by atoms with E-state index in [1.807, 2.05) is 24.3 Å². The Balaban J connectivity index is 0.00000368. The van der Waals surface area contributed by atoms with Crippen molar-refractivity contribution in [2.75, 3.05) is 54.5 Å². The number of aryl methyl sites for hydroxylation is 1. The highest BCUT2D eigenvalue weighted by Crippen LogP contribution is 2.20. The molecule has 0 aliphatic carbocycles. The molecule has 4 rings (SSSR count). The lowest BCUT2D eigenvalue weighted by Gasteiger charge is -2.18. The van der Waals surface area contributed by atoms with Gasteiger partial charge in [0.05, 0.1) is 13.2 Å². The molecule has 4 aromatic carbocycles. The van der Waals surface area contributed by atoms with E-state index in [1.165, 1.54) is 11.0 Å². The largest absolute Gasteiger partial charge is 0.457 e. The van der Waals surface area contributed by atoms with Gasteiger partial charge in [0.15, 0.2) is 0 Å². The lowest BCUT2D eigenvalue weighted by Crippen LogP contribution is -2.46. The first-order chi connectivity index (χ1) is 21.3. The topological polar surface area (TPSA) is 43.4 Å². The summed E-state index contributed by atoms with van der Waals surface area (Å²) in [6, 6.07) is 33.3. The Hall–Kier alpha value is -3.39. The Morgan fingerprint density at radius 1 is 0.543 bits per heavy atom. The second-order valence-electron chi connectivity index (χ2n) is 11.8. The van der Waals surface area contributed by atoms with Crippen LogP contribution < -0.4 is 21.1 Å². The Morgan fingerprint density at radius 2 is 0.957 bits per heavy atom. The first kappa shape index (κ1) is 38.8. The summed E-state index contributed by atoms with van der Waals surface area (Å²) in [6.07, 6.45) is 0. The quantitative estimate of drug-likeness (QED) is 0.137. The molecule has 0 saturated carbocycles. The van der Waals surface area contributed by atoms with Crippen LogP contribution in [0.25, 0.3) is 0 Å². The third kappa shape index (κ3) is 12.8. The van der Waals surface area contributed by atoms with Gasteiger partial charge in [-0.15, -0.1) is 0 Å². The van der Waals surface area contributed by atoms with Gasteiger partial charge in [-0.2, -0.15) is 0 Å². The van der Waals surface area contributed by atoms with E-state index >= 15 is 0 Å². The number of ether oxygens (including phenoxy) is 2. The third-order valence-corrected chi connectivity index (χ3v) is 7.44. The maximum absolute atomic E-state index is 6.41. The van der Waals surface area contributed by atoms with E-state index in [0.29, 0.717) is 19.8 Å². The highest BCUT2D eigenvalue weighted by atomic mass is 16.5. The monoisotopic (exact) mass is 624 g/mol. The number of benzene rings is 4. The zero-order valence-electron chi connectivity index (χ0n) is 27.2. The number of likely N-dealkylation sites (N-methyl/N-ethyl adjacent to an activating group) is 2. The van der Waals surface area contributed by atoms with Gasteiger partial charge < -0.3 is 28.6 Å². The van der Waals surface area contributed by atoms with Crippen LogP contribution in [0, 0.1) is 6.92 Å². The van der Waals surface area contributed by atoms with Crippen LogP contribution in [0.4, 0.5) is 0 Å². The summed E-state index contributed by atoms with van der Waals surface area (Å²) in [5.41, 5.74) is 6.86. The van der Waals surface area contributed by atoms with Gasteiger partial charge >= 0.3 is 13.8 Å². The van der Waals surface area contributed by atoms with Crippen molar-refractivity contribution in [3.05, 3.63) is 114 Å². The van der Waals surface area contributed by atoms with Crippen molar-refractivity contribution in [1.29, 1.82) is 0 Å². The van der Waals surface area contributed by atoms with Crippen molar-refractivity contribution in [3.8, 4) is 11.5 Å². The van der Waals surface area contributed by atoms with Crippen LogP contribution in [-0.4, -0.2) is 78.1 Å². The van der Waals surface area contributed by atoms with Crippen molar-refractivity contribution in [1.82, 2.24) is 9.80 Å². The van der Waals surface area contributed by atoms with Crippen LogP contribution in [-0.2, 0) is 27.3 Å². The summed E-state index contributed by atoms with van der Waals surface area (Å²) in [4.78, 5) is 4.26. The third-order valence-electron chi connectivity index (χ3n) is 7.44. The van der Waals surface area contributed by atoms with Gasteiger partial charge in [0.25, 0.3) is 0 Å². The number of rotatable bonds is 17. The van der Waals surface area contributed by atoms with Gasteiger partial charge in [0.2, 0.25) is 0 Å². The van der Waals surface area contributed by atoms with E-state index in [1.54, 1.807) is 0 Å². The molecule has 0 atom stereocenters. The molecule has 0 fully saturated rings. The minimum Gasteiger partial charge on any atom is -0.457 e. The minimum absolute atomic E-state index is 0. The SMILES string of the molecule is C.C.CB(OCCN(C)C)c1ccc(COCc2ccc(B(OCCN(C)C)c3ccc(Oc4ccc(C)cc4)cc3)cc2)cc1. The lowest BCUT2D eigenvalue weighted by molar-refractivity contribution is 0.107. The second kappa shape index (κ2) is 20.0. The molecule has 0 N–H and O–H groups in total. The van der Waals surface area contributed by atoms with Crippen molar-refractivity contribution in [2.45, 2.75) is 41.8 Å². The molecule has 246 valence electrons. The van der Waals surface area contributed by atoms with Gasteiger partial charge in [-0.3, -0.25) is 0 Å². The molecule has 0 unspecified atom stereocenters. The van der Waals surface area contributed by atoms with Gasteiger partial charge in [0.1, 0.15) is 11.5 Å². The Morgan fingerprint density at radius 3 is 1.43 bits per heavy atom. The van der Waals surface area contributed by atoms with E-state index in [4.69, 9.17) is 18.8 Å². The van der Waals surface area contributed by atoms with Crippen molar-refractivity contribution in [3.63, 3.8) is 0 Å². The van der Waals surface area contributed by atoms with E-state index < -0.39 is 0 Å². The fourth-order valence-corrected chi connectivity index (χ4v) is 4.66. The summed E-state index contributed by atoms with van der Waals surface area (Å²) in [5.74, 6) is 1.63. The first-order valence-electron chi connectivity index (χ1n) is 15.4. The Labute approximate surface area is 279 Å². The molecule has 0 aliphatic rings. The average molecular weight is 624 g/mol. The predicted molar refractivity (Wildman–Crippen MR) is 198 cm³/mol. The molecule has 0 heterocycles. The number of nitrogens with zero attached hydrogens (tertiary/aromatic N) is 2. The standard InChI is InChI=1S/C36H46B2N2O4.2CH4/c1-29-7-19-35(20-8-29)44-36-21-17-34(18-22-36)38(43-26-24-40(5)6)33-15-11-31(12-16-33)28-41-27-30-9-13-32(14-10-30)37(2)42-25-23-39(3)4;;/h7-22H,23-28H2,1-6H3;2*1H4. The molecule has 0 aliphatic heterocycles. The molecular weight excluding hydrogens is 570 g/mol. The summed E-state index contributed by atoms with van der Waals surface area (Å²) in [7, 11) is 8.22. The molecule has 8 heteroatoms. The van der Waals surface area contributed by atoms with E-state index in [2.05, 4.69) is 125 Å². The van der Waals surface area contributed by atoms with Crippen LogP contribution in [0.15, 0.2) is 97.1 Å². The molecule has 6 nitrogen and oxygen atoms in total. The molecule has 0 radical (unpaired) electrons. The van der Waals surface area contributed by atoms with Crippen molar-refractivity contribution in [2.24, 2.45) is 0 Å². The zero-order valence-corrected chi connectivity index (χ0v) is 27.2. The summed E-state index contributed by atoms with van der Waals surface area (Å²) < 4.78 is 24.4. The molecule has 0 spiro atoms. The molecule has 0 amide bonds. The van der Waals surface area contributed by atoms with Gasteiger partial charge in [-0.1, -0.05) is 100 Å². The van der Waals surface area contributed by atoms with Crippen molar-refractivity contribution < 1.29 is 18.8 Å². The molecule has 0 aromatic heterocycles. The number of hydrogen-bond acceptors (Lipinski definition) is 6. The molecule has 0 saturated heterocycles. The molecule has 0 bridgehead atoms. The fraction of sp³-hybridized carbons (Fsp3) is 0.368. The maximum atomic E-state index is 6.41. The smallest absolute Gasteiger partial charge is 0.361 e. The van der Waals surface area contributed by atoms with E-state index in [-0.39, 0.29) is 28.7 Å². The summed E-state index contributed by atoms with van der Waals surface area (Å²) in [5, 5.41) is 0. The van der Waals surface area contributed by atoms with Crippen molar-refractivity contribution >= 4 is 30.2 Å². The van der Waals surface area contributed by atoms with Gasteiger partial charge in [0, 0.05) is 26.3 Å². The van der Waals surface area contributed by atoms with Crippen LogP contribution >= 0.6 is 0 Å². The van der Waals surface area contributed by atoms with Gasteiger partial charge in [-0.05, 0) is 86.9 Å². The second-order valence-corrected chi connectivity index (χ2v) is 11.8. The lowest BCUT2D eigenvalue weighted by atomic mass is 9.55. The number of hydrogen-bond donors (Lipinski definition) is 0. The minimum atomic E-state index is -0.175. The van der Waals surface area contributed by atoms with Crippen LogP contribution in [0.3, 0.4) is 0 Å². The average Bonchev–Trinajstić information content (AvgIpc) is 3.01. The van der Waals surface area contributed by atoms with Crippen LogP contribution in [0.1, 0.15) is 31.5 Å². The first-order valence-corrected chi connectivity index (χ1v) is 15.4. The molecule has 4 aromatic rings. The maximum Gasteiger partial charge on any atom is 0.361 e. The van der Waals surface area contributed by atoms with Crippen LogP contribution in [0.2, 0.25) is 6.82 Å². The summed E-state index contributed by atoms with van der Waals surface area (Å²) >= 11 is 0.